The second kappa shape index (κ2) is 3.94. The van der Waals surface area contributed by atoms with Crippen molar-refractivity contribution in [2.24, 2.45) is 0 Å². The van der Waals surface area contributed by atoms with E-state index in [1.54, 1.807) is 13.4 Å². The summed E-state index contributed by atoms with van der Waals surface area (Å²) >= 11 is 0. The van der Waals surface area contributed by atoms with Crippen LogP contribution in [-0.2, 0) is 11.3 Å². The van der Waals surface area contributed by atoms with Crippen molar-refractivity contribution in [3.63, 3.8) is 0 Å². The van der Waals surface area contributed by atoms with Gasteiger partial charge in [-0.2, -0.15) is 0 Å². The van der Waals surface area contributed by atoms with Crippen LogP contribution in [0.5, 0.6) is 0 Å². The molecule has 0 bridgehead atoms. The van der Waals surface area contributed by atoms with Gasteiger partial charge in [0.15, 0.2) is 0 Å². The highest BCUT2D eigenvalue weighted by Gasteiger charge is 2.21. The largest absolute Gasteiger partial charge is 0.467 e. The molecule has 1 aliphatic rings. The number of rotatable bonds is 3. The molecule has 0 aromatic carbocycles. The predicted molar refractivity (Wildman–Crippen MR) is 49.4 cm³/mol. The number of hydrogen-bond donors (Lipinski definition) is 1. The van der Waals surface area contributed by atoms with Gasteiger partial charge in [0.25, 0.3) is 0 Å². The molecule has 2 heterocycles. The molecule has 0 amide bonds. The van der Waals surface area contributed by atoms with Crippen LogP contribution in [0.3, 0.4) is 0 Å². The van der Waals surface area contributed by atoms with Gasteiger partial charge in [-0.3, -0.25) is 0 Å². The molecule has 1 unspecified atom stereocenters. The minimum absolute atomic E-state index is 0.403. The molecule has 3 heteroatoms. The smallest absolute Gasteiger partial charge is 0.126 e. The molecule has 1 aromatic heterocycles. The Hall–Kier alpha value is -0.800. The molecule has 72 valence electrons. The molecule has 1 aliphatic heterocycles. The van der Waals surface area contributed by atoms with Crippen LogP contribution in [0, 0.1) is 0 Å². The maximum Gasteiger partial charge on any atom is 0.126 e. The number of methoxy groups -OCH3 is 1. The SMILES string of the molecule is COCc1ccoc1C1CCCN1. The van der Waals surface area contributed by atoms with Crippen molar-refractivity contribution >= 4 is 0 Å². The highest BCUT2D eigenvalue weighted by Crippen LogP contribution is 2.27. The molecule has 0 saturated carbocycles. The molecule has 3 nitrogen and oxygen atoms in total. The summed E-state index contributed by atoms with van der Waals surface area (Å²) < 4.78 is 10.6. The maximum atomic E-state index is 5.46. The summed E-state index contributed by atoms with van der Waals surface area (Å²) in [5.41, 5.74) is 1.17. The summed E-state index contributed by atoms with van der Waals surface area (Å²) in [6.45, 7) is 1.74. The van der Waals surface area contributed by atoms with E-state index < -0.39 is 0 Å². The Morgan fingerprint density at radius 2 is 2.62 bits per heavy atom. The Labute approximate surface area is 78.1 Å². The van der Waals surface area contributed by atoms with Gasteiger partial charge in [0.2, 0.25) is 0 Å². The van der Waals surface area contributed by atoms with Crippen molar-refractivity contribution in [3.05, 3.63) is 23.7 Å². The average molecular weight is 181 g/mol. The van der Waals surface area contributed by atoms with Crippen molar-refractivity contribution in [2.45, 2.75) is 25.5 Å². The van der Waals surface area contributed by atoms with E-state index in [-0.39, 0.29) is 0 Å². The first-order chi connectivity index (χ1) is 6.42. The molecule has 0 spiro atoms. The van der Waals surface area contributed by atoms with E-state index in [4.69, 9.17) is 9.15 Å². The third kappa shape index (κ3) is 1.76. The number of ether oxygens (including phenoxy) is 1. The van der Waals surface area contributed by atoms with E-state index in [9.17, 15) is 0 Å². The molecule has 2 rings (SSSR count). The fourth-order valence-electron chi connectivity index (χ4n) is 1.84. The second-order valence-electron chi connectivity index (χ2n) is 3.39. The standard InChI is InChI=1S/C10H15NO2/c1-12-7-8-4-6-13-10(8)9-3-2-5-11-9/h4,6,9,11H,2-3,5,7H2,1H3. The Morgan fingerprint density at radius 3 is 3.31 bits per heavy atom. The lowest BCUT2D eigenvalue weighted by Crippen LogP contribution is -2.13. The van der Waals surface area contributed by atoms with Gasteiger partial charge in [0.1, 0.15) is 5.76 Å². The summed E-state index contributed by atoms with van der Waals surface area (Å²) in [6, 6.07) is 2.39. The van der Waals surface area contributed by atoms with E-state index in [1.807, 2.05) is 6.07 Å². The van der Waals surface area contributed by atoms with Gasteiger partial charge in [-0.15, -0.1) is 0 Å². The van der Waals surface area contributed by atoms with Crippen molar-refractivity contribution in [1.82, 2.24) is 5.32 Å². The zero-order valence-corrected chi connectivity index (χ0v) is 7.88. The van der Waals surface area contributed by atoms with Crippen LogP contribution in [0.4, 0.5) is 0 Å². The fraction of sp³-hybridized carbons (Fsp3) is 0.600. The minimum atomic E-state index is 0.403. The van der Waals surface area contributed by atoms with Crippen LogP contribution < -0.4 is 5.32 Å². The lowest BCUT2D eigenvalue weighted by molar-refractivity contribution is 0.182. The van der Waals surface area contributed by atoms with Crippen molar-refractivity contribution in [2.75, 3.05) is 13.7 Å². The molecule has 13 heavy (non-hydrogen) atoms. The summed E-state index contributed by atoms with van der Waals surface area (Å²) in [6.07, 6.45) is 4.14. The molecule has 1 saturated heterocycles. The van der Waals surface area contributed by atoms with Crippen LogP contribution in [0.1, 0.15) is 30.2 Å². The Bertz CT molecular complexity index is 264. The van der Waals surface area contributed by atoms with Crippen LogP contribution in [0.25, 0.3) is 0 Å². The highest BCUT2D eigenvalue weighted by atomic mass is 16.5. The van der Waals surface area contributed by atoms with E-state index in [0.717, 1.165) is 12.3 Å². The first-order valence-electron chi connectivity index (χ1n) is 4.70. The van der Waals surface area contributed by atoms with Crippen LogP contribution in [0.15, 0.2) is 16.7 Å². The molecule has 0 aliphatic carbocycles. The van der Waals surface area contributed by atoms with E-state index in [0.29, 0.717) is 12.6 Å². The molecule has 1 atom stereocenters. The van der Waals surface area contributed by atoms with Gasteiger partial charge in [-0.1, -0.05) is 0 Å². The van der Waals surface area contributed by atoms with Crippen molar-refractivity contribution in [3.8, 4) is 0 Å². The Kier molecular flexibility index (Phi) is 2.66. The number of nitrogens with one attached hydrogen (secondary N) is 1. The monoisotopic (exact) mass is 181 g/mol. The van der Waals surface area contributed by atoms with Crippen LogP contribution >= 0.6 is 0 Å². The third-order valence-electron chi connectivity index (χ3n) is 2.46. The van der Waals surface area contributed by atoms with Crippen molar-refractivity contribution in [1.29, 1.82) is 0 Å². The number of furan rings is 1. The van der Waals surface area contributed by atoms with Gasteiger partial charge in [0.05, 0.1) is 18.9 Å². The Balaban J connectivity index is 2.13. The summed E-state index contributed by atoms with van der Waals surface area (Å²) in [5.74, 6) is 1.05. The van der Waals surface area contributed by atoms with Gasteiger partial charge in [-0.25, -0.2) is 0 Å². The topological polar surface area (TPSA) is 34.4 Å². The summed E-state index contributed by atoms with van der Waals surface area (Å²) in [4.78, 5) is 0. The predicted octanol–water partition coefficient (Wildman–Crippen LogP) is 1.85. The first kappa shape index (κ1) is 8.78. The van der Waals surface area contributed by atoms with E-state index >= 15 is 0 Å². The van der Waals surface area contributed by atoms with E-state index in [1.165, 1.54) is 18.4 Å². The summed E-state index contributed by atoms with van der Waals surface area (Å²) in [5, 5.41) is 3.41. The normalized spacial score (nSPS) is 22.4. The van der Waals surface area contributed by atoms with Crippen LogP contribution in [0.2, 0.25) is 0 Å². The van der Waals surface area contributed by atoms with Crippen LogP contribution in [-0.4, -0.2) is 13.7 Å². The second-order valence-corrected chi connectivity index (χ2v) is 3.39. The van der Waals surface area contributed by atoms with Crippen molar-refractivity contribution < 1.29 is 9.15 Å². The molecule has 1 aromatic rings. The molecular weight excluding hydrogens is 166 g/mol. The molecule has 0 radical (unpaired) electrons. The molecular formula is C10H15NO2. The lowest BCUT2D eigenvalue weighted by atomic mass is 10.1. The third-order valence-corrected chi connectivity index (χ3v) is 2.46. The first-order valence-corrected chi connectivity index (χ1v) is 4.70. The zero-order valence-electron chi connectivity index (χ0n) is 7.88. The minimum Gasteiger partial charge on any atom is -0.467 e. The van der Waals surface area contributed by atoms with Gasteiger partial charge >= 0.3 is 0 Å². The molecule has 1 N–H and O–H groups in total. The highest BCUT2D eigenvalue weighted by molar-refractivity contribution is 5.20. The van der Waals surface area contributed by atoms with Gasteiger partial charge in [0, 0.05) is 12.7 Å². The van der Waals surface area contributed by atoms with Gasteiger partial charge in [-0.05, 0) is 25.5 Å². The summed E-state index contributed by atoms with van der Waals surface area (Å²) in [7, 11) is 1.71. The molecule has 1 fully saturated rings. The Morgan fingerprint density at radius 1 is 1.69 bits per heavy atom. The number of hydrogen-bond acceptors (Lipinski definition) is 3. The quantitative estimate of drug-likeness (QED) is 0.772. The average Bonchev–Trinajstić information content (AvgIpc) is 2.71. The fourth-order valence-corrected chi connectivity index (χ4v) is 1.84. The zero-order chi connectivity index (χ0) is 9.10. The maximum absolute atomic E-state index is 5.46. The van der Waals surface area contributed by atoms with Gasteiger partial charge < -0.3 is 14.5 Å². The lowest BCUT2D eigenvalue weighted by Gasteiger charge is -2.08. The van der Waals surface area contributed by atoms with E-state index in [2.05, 4.69) is 5.32 Å².